The molecular formula is C17H23ClN2O. The van der Waals surface area contributed by atoms with E-state index in [4.69, 9.17) is 16.0 Å². The summed E-state index contributed by atoms with van der Waals surface area (Å²) in [5.74, 6) is 1.95. The lowest BCUT2D eigenvalue weighted by atomic mass is 10.1. The number of rotatable bonds is 7. The third kappa shape index (κ3) is 4.34. The number of nitrogens with one attached hydrogen (secondary N) is 1. The van der Waals surface area contributed by atoms with Gasteiger partial charge in [0.25, 0.3) is 0 Å². The van der Waals surface area contributed by atoms with E-state index in [-0.39, 0.29) is 6.04 Å². The molecule has 2 rings (SSSR count). The van der Waals surface area contributed by atoms with Gasteiger partial charge in [-0.2, -0.15) is 0 Å². The van der Waals surface area contributed by atoms with Crippen LogP contribution in [-0.4, -0.2) is 18.5 Å². The molecule has 0 fully saturated rings. The Morgan fingerprint density at radius 3 is 2.62 bits per heavy atom. The molecule has 1 aromatic heterocycles. The van der Waals surface area contributed by atoms with Crippen molar-refractivity contribution in [3.63, 3.8) is 0 Å². The number of hydrogen-bond donors (Lipinski definition) is 1. The Balaban J connectivity index is 1.99. The van der Waals surface area contributed by atoms with Crippen LogP contribution >= 0.6 is 11.6 Å². The molecule has 114 valence electrons. The van der Waals surface area contributed by atoms with Crippen LogP contribution in [0.15, 0.2) is 40.8 Å². The van der Waals surface area contributed by atoms with Crippen molar-refractivity contribution < 1.29 is 4.42 Å². The molecule has 1 aromatic carbocycles. The molecule has 1 N–H and O–H groups in total. The molecular weight excluding hydrogens is 284 g/mol. The summed E-state index contributed by atoms with van der Waals surface area (Å²) in [5, 5.41) is 4.07. The lowest BCUT2D eigenvalue weighted by Crippen LogP contribution is -2.21. The Bertz CT molecular complexity index is 567. The maximum Gasteiger partial charge on any atom is 0.118 e. The molecule has 21 heavy (non-hydrogen) atoms. The molecule has 0 saturated carbocycles. The zero-order valence-corrected chi connectivity index (χ0v) is 13.7. The average Bonchev–Trinajstić information content (AvgIpc) is 2.92. The third-order valence-corrected chi connectivity index (χ3v) is 4.03. The third-order valence-electron chi connectivity index (χ3n) is 3.69. The van der Waals surface area contributed by atoms with E-state index in [1.165, 1.54) is 0 Å². The molecule has 0 aliphatic carbocycles. The van der Waals surface area contributed by atoms with E-state index in [1.807, 2.05) is 30.3 Å². The van der Waals surface area contributed by atoms with Gasteiger partial charge in [0, 0.05) is 11.1 Å². The second-order valence-corrected chi connectivity index (χ2v) is 5.67. The SMILES string of the molecule is CCNCc1ccc(CN(C)C(C)c2ccccc2Cl)o1. The second-order valence-electron chi connectivity index (χ2n) is 5.26. The topological polar surface area (TPSA) is 28.4 Å². The number of benzene rings is 1. The normalized spacial score (nSPS) is 12.8. The zero-order valence-electron chi connectivity index (χ0n) is 12.9. The van der Waals surface area contributed by atoms with Crippen LogP contribution in [-0.2, 0) is 13.1 Å². The number of furan rings is 1. The summed E-state index contributed by atoms with van der Waals surface area (Å²) in [6.45, 7) is 6.73. The van der Waals surface area contributed by atoms with Crippen molar-refractivity contribution in [2.24, 2.45) is 0 Å². The Morgan fingerprint density at radius 1 is 1.19 bits per heavy atom. The second kappa shape index (κ2) is 7.64. The largest absolute Gasteiger partial charge is 0.463 e. The van der Waals surface area contributed by atoms with Gasteiger partial charge in [0.2, 0.25) is 0 Å². The molecule has 0 amide bonds. The van der Waals surface area contributed by atoms with E-state index in [9.17, 15) is 0 Å². The molecule has 2 aromatic rings. The average molecular weight is 307 g/mol. The molecule has 0 bridgehead atoms. The summed E-state index contributed by atoms with van der Waals surface area (Å²) in [4.78, 5) is 2.23. The van der Waals surface area contributed by atoms with Crippen molar-refractivity contribution in [2.75, 3.05) is 13.6 Å². The van der Waals surface area contributed by atoms with Gasteiger partial charge in [-0.15, -0.1) is 0 Å². The first-order valence-electron chi connectivity index (χ1n) is 7.34. The van der Waals surface area contributed by atoms with Crippen LogP contribution in [0.1, 0.15) is 37.0 Å². The molecule has 4 heteroatoms. The van der Waals surface area contributed by atoms with Crippen molar-refractivity contribution in [3.05, 3.63) is 58.5 Å². The summed E-state index contributed by atoms with van der Waals surface area (Å²) in [6, 6.07) is 12.3. The summed E-state index contributed by atoms with van der Waals surface area (Å²) in [5.41, 5.74) is 1.14. The highest BCUT2D eigenvalue weighted by molar-refractivity contribution is 6.31. The van der Waals surface area contributed by atoms with Gasteiger partial charge in [0.05, 0.1) is 13.1 Å². The quantitative estimate of drug-likeness (QED) is 0.829. The van der Waals surface area contributed by atoms with E-state index in [0.29, 0.717) is 0 Å². The van der Waals surface area contributed by atoms with Crippen LogP contribution in [0.3, 0.4) is 0 Å². The standard InChI is InChI=1S/C17H23ClN2O/c1-4-19-11-14-9-10-15(21-14)12-20(3)13(2)16-7-5-6-8-17(16)18/h5-10,13,19H,4,11-12H2,1-3H3. The summed E-state index contributed by atoms with van der Waals surface area (Å²) in [6.07, 6.45) is 0. The molecule has 0 radical (unpaired) electrons. The maximum atomic E-state index is 6.27. The molecule has 0 aliphatic rings. The monoisotopic (exact) mass is 306 g/mol. The van der Waals surface area contributed by atoms with E-state index >= 15 is 0 Å². The van der Waals surface area contributed by atoms with Gasteiger partial charge < -0.3 is 9.73 Å². The van der Waals surface area contributed by atoms with Crippen molar-refractivity contribution >= 4 is 11.6 Å². The fourth-order valence-corrected chi connectivity index (χ4v) is 2.58. The minimum atomic E-state index is 0.237. The smallest absolute Gasteiger partial charge is 0.118 e. The van der Waals surface area contributed by atoms with Gasteiger partial charge in [-0.3, -0.25) is 4.90 Å². The molecule has 0 spiro atoms. The van der Waals surface area contributed by atoms with E-state index in [2.05, 4.69) is 37.2 Å². The first-order chi connectivity index (χ1) is 10.1. The van der Waals surface area contributed by atoms with Crippen LogP contribution in [0.5, 0.6) is 0 Å². The van der Waals surface area contributed by atoms with E-state index in [1.54, 1.807) is 0 Å². The van der Waals surface area contributed by atoms with Crippen LogP contribution in [0.2, 0.25) is 5.02 Å². The minimum absolute atomic E-state index is 0.237. The van der Waals surface area contributed by atoms with Crippen molar-refractivity contribution in [1.82, 2.24) is 10.2 Å². The van der Waals surface area contributed by atoms with Crippen LogP contribution in [0.4, 0.5) is 0 Å². The van der Waals surface area contributed by atoms with Gasteiger partial charge in [0.15, 0.2) is 0 Å². The van der Waals surface area contributed by atoms with Crippen LogP contribution < -0.4 is 5.32 Å². The Hall–Kier alpha value is -1.29. The number of hydrogen-bond acceptors (Lipinski definition) is 3. The Labute approximate surface area is 131 Å². The van der Waals surface area contributed by atoms with Gasteiger partial charge in [0.1, 0.15) is 11.5 Å². The van der Waals surface area contributed by atoms with Crippen LogP contribution in [0, 0.1) is 0 Å². The first-order valence-corrected chi connectivity index (χ1v) is 7.72. The summed E-state index contributed by atoms with van der Waals surface area (Å²) < 4.78 is 5.84. The van der Waals surface area contributed by atoms with Gasteiger partial charge in [-0.05, 0) is 44.3 Å². The molecule has 0 aliphatic heterocycles. The lowest BCUT2D eigenvalue weighted by molar-refractivity contribution is 0.230. The number of halogens is 1. The Morgan fingerprint density at radius 2 is 1.90 bits per heavy atom. The lowest BCUT2D eigenvalue weighted by Gasteiger charge is -2.24. The van der Waals surface area contributed by atoms with Crippen LogP contribution in [0.25, 0.3) is 0 Å². The van der Waals surface area contributed by atoms with Gasteiger partial charge in [-0.25, -0.2) is 0 Å². The summed E-state index contributed by atoms with van der Waals surface area (Å²) >= 11 is 6.27. The van der Waals surface area contributed by atoms with Gasteiger partial charge >= 0.3 is 0 Å². The fourth-order valence-electron chi connectivity index (χ4n) is 2.28. The molecule has 1 unspecified atom stereocenters. The molecule has 3 nitrogen and oxygen atoms in total. The highest BCUT2D eigenvalue weighted by atomic mass is 35.5. The fraction of sp³-hybridized carbons (Fsp3) is 0.412. The first kappa shape index (κ1) is 16.1. The maximum absolute atomic E-state index is 6.27. The highest BCUT2D eigenvalue weighted by Gasteiger charge is 2.15. The van der Waals surface area contributed by atoms with E-state index < -0.39 is 0 Å². The Kier molecular flexibility index (Phi) is 5.85. The molecule has 1 atom stereocenters. The van der Waals surface area contributed by atoms with Crippen molar-refractivity contribution in [1.29, 1.82) is 0 Å². The number of nitrogens with zero attached hydrogens (tertiary/aromatic N) is 1. The zero-order chi connectivity index (χ0) is 15.2. The predicted octanol–water partition coefficient (Wildman–Crippen LogP) is 4.24. The molecule has 0 saturated heterocycles. The van der Waals surface area contributed by atoms with Gasteiger partial charge in [-0.1, -0.05) is 36.7 Å². The van der Waals surface area contributed by atoms with Crippen molar-refractivity contribution in [3.8, 4) is 0 Å². The van der Waals surface area contributed by atoms with E-state index in [0.717, 1.165) is 41.7 Å². The minimum Gasteiger partial charge on any atom is -0.463 e. The highest BCUT2D eigenvalue weighted by Crippen LogP contribution is 2.27. The summed E-state index contributed by atoms with van der Waals surface area (Å²) in [7, 11) is 2.08. The predicted molar refractivity (Wildman–Crippen MR) is 87.4 cm³/mol. The molecule has 1 heterocycles. The van der Waals surface area contributed by atoms with Crippen molar-refractivity contribution in [2.45, 2.75) is 33.0 Å².